The lowest BCUT2D eigenvalue weighted by atomic mass is 9.76. The van der Waals surface area contributed by atoms with Gasteiger partial charge in [-0.25, -0.2) is 4.39 Å². The molecule has 0 amide bonds. The summed E-state index contributed by atoms with van der Waals surface area (Å²) in [5, 5.41) is 5.31. The Hall–Kier alpha value is -2.59. The second kappa shape index (κ2) is 7.28. The third kappa shape index (κ3) is 3.43. The fraction of sp³-hybridized carbons (Fsp3) is 0.385. The molecule has 0 radical (unpaired) electrons. The van der Waals surface area contributed by atoms with Crippen LogP contribution in [0.3, 0.4) is 0 Å². The number of rotatable bonds is 5. The molecule has 4 rings (SSSR count). The Morgan fingerprint density at radius 2 is 1.63 bits per heavy atom. The van der Waals surface area contributed by atoms with Crippen LogP contribution in [0, 0.1) is 5.82 Å². The Bertz CT molecular complexity index is 1200. The van der Waals surface area contributed by atoms with Crippen LogP contribution in [0.2, 0.25) is 0 Å². The lowest BCUT2D eigenvalue weighted by molar-refractivity contribution is 0.525. The molecule has 2 heterocycles. The molecule has 0 saturated carbocycles. The van der Waals surface area contributed by atoms with E-state index in [-0.39, 0.29) is 16.6 Å². The first kappa shape index (κ1) is 20.7. The maximum absolute atomic E-state index is 14.6. The van der Waals surface area contributed by atoms with Gasteiger partial charge in [0.05, 0.1) is 0 Å². The first-order chi connectivity index (χ1) is 14.1. The van der Waals surface area contributed by atoms with E-state index in [1.54, 1.807) is 0 Å². The van der Waals surface area contributed by atoms with Crippen LogP contribution in [0.25, 0.3) is 21.8 Å². The van der Waals surface area contributed by atoms with E-state index in [0.29, 0.717) is 5.39 Å². The highest BCUT2D eigenvalue weighted by Gasteiger charge is 2.28. The minimum atomic E-state index is -0.229. The van der Waals surface area contributed by atoms with Crippen LogP contribution < -0.4 is 5.32 Å². The van der Waals surface area contributed by atoms with E-state index in [1.165, 1.54) is 33.8 Å². The number of aromatic amines is 2. The van der Waals surface area contributed by atoms with Gasteiger partial charge in [0.2, 0.25) is 0 Å². The Kier molecular flexibility index (Phi) is 5.01. The van der Waals surface area contributed by atoms with Crippen LogP contribution >= 0.6 is 0 Å². The summed E-state index contributed by atoms with van der Waals surface area (Å²) in [5.74, 6) is -0.182. The van der Waals surface area contributed by atoms with Gasteiger partial charge in [-0.05, 0) is 52.6 Å². The Morgan fingerprint density at radius 3 is 2.33 bits per heavy atom. The highest BCUT2D eigenvalue weighted by Crippen LogP contribution is 2.39. The summed E-state index contributed by atoms with van der Waals surface area (Å²) in [7, 11) is 1.98. The Labute approximate surface area is 178 Å². The molecule has 0 saturated heterocycles. The van der Waals surface area contributed by atoms with Gasteiger partial charge in [0.25, 0.3) is 0 Å². The summed E-state index contributed by atoms with van der Waals surface area (Å²) in [6.45, 7) is 12.0. The number of hydrogen-bond acceptors (Lipinski definition) is 1. The van der Waals surface area contributed by atoms with Crippen molar-refractivity contribution in [2.45, 2.75) is 58.4 Å². The van der Waals surface area contributed by atoms with Gasteiger partial charge in [-0.1, -0.05) is 58.9 Å². The summed E-state index contributed by atoms with van der Waals surface area (Å²) in [5.41, 5.74) is 6.81. The van der Waals surface area contributed by atoms with Gasteiger partial charge in [0.15, 0.2) is 0 Å². The summed E-state index contributed by atoms with van der Waals surface area (Å²) in [4.78, 5) is 6.60. The zero-order chi connectivity index (χ0) is 21.7. The fourth-order valence-corrected chi connectivity index (χ4v) is 4.76. The summed E-state index contributed by atoms with van der Waals surface area (Å²) in [6.07, 6.45) is 4.40. The largest absolute Gasteiger partial charge is 0.361 e. The van der Waals surface area contributed by atoms with Crippen molar-refractivity contribution in [3.05, 3.63) is 70.8 Å². The zero-order valence-corrected chi connectivity index (χ0v) is 18.8. The average Bonchev–Trinajstić information content (AvgIpc) is 3.26. The van der Waals surface area contributed by atoms with Crippen LogP contribution in [0.4, 0.5) is 4.39 Å². The molecule has 3 N–H and O–H groups in total. The maximum Gasteiger partial charge on any atom is 0.148 e. The monoisotopic (exact) mass is 405 g/mol. The van der Waals surface area contributed by atoms with Gasteiger partial charge in [-0.15, -0.1) is 0 Å². The van der Waals surface area contributed by atoms with Crippen molar-refractivity contribution in [3.8, 4) is 0 Å². The highest BCUT2D eigenvalue weighted by atomic mass is 19.1. The lowest BCUT2D eigenvalue weighted by Crippen LogP contribution is -2.22. The van der Waals surface area contributed by atoms with Crippen LogP contribution in [0.15, 0.2) is 42.7 Å². The van der Waals surface area contributed by atoms with E-state index in [4.69, 9.17) is 0 Å². The van der Waals surface area contributed by atoms with Crippen molar-refractivity contribution < 1.29 is 4.39 Å². The molecular weight excluding hydrogens is 373 g/mol. The summed E-state index contributed by atoms with van der Waals surface area (Å²) in [6, 6.07) is 10.5. The molecule has 30 heavy (non-hydrogen) atoms. The number of aromatic nitrogens is 2. The van der Waals surface area contributed by atoms with E-state index in [9.17, 15) is 4.39 Å². The fourth-order valence-electron chi connectivity index (χ4n) is 4.76. The van der Waals surface area contributed by atoms with Crippen molar-refractivity contribution in [2.24, 2.45) is 0 Å². The maximum atomic E-state index is 14.6. The second-order valence-corrected chi connectivity index (χ2v) is 10.0. The topological polar surface area (TPSA) is 43.6 Å². The van der Waals surface area contributed by atoms with Gasteiger partial charge < -0.3 is 15.3 Å². The molecule has 0 unspecified atom stereocenters. The molecule has 4 aromatic rings. The molecule has 158 valence electrons. The van der Waals surface area contributed by atoms with Crippen LogP contribution in [0.1, 0.15) is 56.9 Å². The third-order valence-corrected chi connectivity index (χ3v) is 6.20. The van der Waals surface area contributed by atoms with E-state index >= 15 is 0 Å². The normalized spacial score (nSPS) is 12.9. The van der Waals surface area contributed by atoms with Gasteiger partial charge in [-0.3, -0.25) is 0 Å². The minimum absolute atomic E-state index is 0.0524. The standard InChI is InChI=1S/C26H32FN3/c1-25(2,3)18-11-10-16(24-22(18)17(13-28-6)14-30-24)12-26(4,5)19-8-7-9-21-23(19)20(27)15-29-21/h7-11,14-15,28-30H,12-13H2,1-6H3. The van der Waals surface area contributed by atoms with Crippen molar-refractivity contribution in [1.82, 2.24) is 15.3 Å². The van der Waals surface area contributed by atoms with Gasteiger partial charge in [0, 0.05) is 40.7 Å². The van der Waals surface area contributed by atoms with Crippen molar-refractivity contribution in [3.63, 3.8) is 0 Å². The molecule has 0 bridgehead atoms. The average molecular weight is 406 g/mol. The molecule has 0 aliphatic carbocycles. The van der Waals surface area contributed by atoms with Crippen molar-refractivity contribution >= 4 is 21.8 Å². The molecule has 0 spiro atoms. The predicted molar refractivity (Wildman–Crippen MR) is 125 cm³/mol. The van der Waals surface area contributed by atoms with Crippen molar-refractivity contribution in [2.75, 3.05) is 7.05 Å². The van der Waals surface area contributed by atoms with Crippen LogP contribution in [-0.2, 0) is 23.8 Å². The molecule has 2 aromatic heterocycles. The van der Waals surface area contributed by atoms with Gasteiger partial charge in [-0.2, -0.15) is 0 Å². The van der Waals surface area contributed by atoms with Crippen LogP contribution in [-0.4, -0.2) is 17.0 Å². The Balaban J connectivity index is 1.85. The van der Waals surface area contributed by atoms with E-state index in [2.05, 4.69) is 74.3 Å². The van der Waals surface area contributed by atoms with E-state index in [1.807, 2.05) is 19.2 Å². The van der Waals surface area contributed by atoms with Gasteiger partial charge >= 0.3 is 0 Å². The summed E-state index contributed by atoms with van der Waals surface area (Å²) >= 11 is 0. The first-order valence-electron chi connectivity index (χ1n) is 10.7. The number of halogens is 1. The van der Waals surface area contributed by atoms with E-state index in [0.717, 1.165) is 24.0 Å². The second-order valence-electron chi connectivity index (χ2n) is 10.0. The smallest absolute Gasteiger partial charge is 0.148 e. The molecular formula is C26H32FN3. The third-order valence-electron chi connectivity index (χ3n) is 6.20. The predicted octanol–water partition coefficient (Wildman–Crippen LogP) is 6.33. The first-order valence-corrected chi connectivity index (χ1v) is 10.7. The molecule has 3 nitrogen and oxygen atoms in total. The zero-order valence-electron chi connectivity index (χ0n) is 18.8. The number of hydrogen-bond donors (Lipinski definition) is 3. The quantitative estimate of drug-likeness (QED) is 0.357. The SMILES string of the molecule is CNCc1c[nH]c2c(CC(C)(C)c3cccc4[nH]cc(F)c34)ccc(C(C)(C)C)c12. The molecule has 4 heteroatoms. The number of nitrogens with one attached hydrogen (secondary N) is 3. The van der Waals surface area contributed by atoms with Crippen LogP contribution in [0.5, 0.6) is 0 Å². The van der Waals surface area contributed by atoms with Gasteiger partial charge in [0.1, 0.15) is 5.82 Å². The lowest BCUT2D eigenvalue weighted by Gasteiger charge is -2.28. The number of fused-ring (bicyclic) bond motifs is 2. The molecule has 0 aliphatic heterocycles. The molecule has 0 atom stereocenters. The summed E-state index contributed by atoms with van der Waals surface area (Å²) < 4.78 is 14.6. The molecule has 2 aromatic carbocycles. The Morgan fingerprint density at radius 1 is 0.867 bits per heavy atom. The van der Waals surface area contributed by atoms with Crippen molar-refractivity contribution in [1.29, 1.82) is 0 Å². The highest BCUT2D eigenvalue weighted by molar-refractivity contribution is 5.90. The number of benzene rings is 2. The molecule has 0 fully saturated rings. The number of H-pyrrole nitrogens is 2. The molecule has 0 aliphatic rings. The van der Waals surface area contributed by atoms with E-state index < -0.39 is 0 Å². The minimum Gasteiger partial charge on any atom is -0.361 e.